The normalized spacial score (nSPS) is 42.3. The number of nitrogens with zero attached hydrogens (tertiary/aromatic N) is 1. The SMILES string of the molecule is CCC1(C)CN(CC2CCOC2)C(C2CC2)CN1. The van der Waals surface area contributed by atoms with Gasteiger partial charge in [-0.3, -0.25) is 4.90 Å². The third-order valence-electron chi connectivity index (χ3n) is 5.22. The molecule has 1 saturated carbocycles. The van der Waals surface area contributed by atoms with E-state index in [1.807, 2.05) is 0 Å². The number of nitrogens with one attached hydrogen (secondary N) is 1. The van der Waals surface area contributed by atoms with Crippen molar-refractivity contribution in [2.45, 2.75) is 51.1 Å². The van der Waals surface area contributed by atoms with E-state index < -0.39 is 0 Å². The van der Waals surface area contributed by atoms with Crippen molar-refractivity contribution in [3.8, 4) is 0 Å². The van der Waals surface area contributed by atoms with Crippen LogP contribution in [0.4, 0.5) is 0 Å². The molecule has 2 heterocycles. The molecule has 18 heavy (non-hydrogen) atoms. The van der Waals surface area contributed by atoms with E-state index in [9.17, 15) is 0 Å². The molecule has 0 spiro atoms. The molecule has 3 nitrogen and oxygen atoms in total. The van der Waals surface area contributed by atoms with Gasteiger partial charge in [-0.25, -0.2) is 0 Å². The average Bonchev–Trinajstić information content (AvgIpc) is 3.08. The maximum absolute atomic E-state index is 5.55. The van der Waals surface area contributed by atoms with Crippen LogP contribution in [-0.4, -0.2) is 49.3 Å². The Morgan fingerprint density at radius 1 is 1.33 bits per heavy atom. The third-order valence-corrected chi connectivity index (χ3v) is 5.22. The van der Waals surface area contributed by atoms with E-state index in [2.05, 4.69) is 24.1 Å². The quantitative estimate of drug-likeness (QED) is 0.827. The summed E-state index contributed by atoms with van der Waals surface area (Å²) in [5.41, 5.74) is 0.324. The Hall–Kier alpha value is -0.120. The van der Waals surface area contributed by atoms with Crippen LogP contribution in [0, 0.1) is 11.8 Å². The number of ether oxygens (including phenoxy) is 1. The lowest BCUT2D eigenvalue weighted by molar-refractivity contribution is 0.0559. The van der Waals surface area contributed by atoms with Gasteiger partial charge in [0.15, 0.2) is 0 Å². The third kappa shape index (κ3) is 2.73. The molecule has 104 valence electrons. The zero-order chi connectivity index (χ0) is 12.6. The molecule has 3 unspecified atom stereocenters. The molecule has 0 aromatic heterocycles. The fraction of sp³-hybridized carbons (Fsp3) is 1.00. The van der Waals surface area contributed by atoms with Crippen LogP contribution < -0.4 is 5.32 Å². The summed E-state index contributed by atoms with van der Waals surface area (Å²) in [5, 5.41) is 3.80. The molecule has 1 aliphatic carbocycles. The second-order valence-electron chi connectivity index (χ2n) is 6.86. The topological polar surface area (TPSA) is 24.5 Å². The predicted molar refractivity (Wildman–Crippen MR) is 73.7 cm³/mol. The van der Waals surface area contributed by atoms with E-state index in [0.717, 1.165) is 31.1 Å². The Balaban J connectivity index is 1.64. The van der Waals surface area contributed by atoms with Crippen LogP contribution in [-0.2, 0) is 4.74 Å². The van der Waals surface area contributed by atoms with Crippen molar-refractivity contribution in [1.82, 2.24) is 10.2 Å². The lowest BCUT2D eigenvalue weighted by Gasteiger charge is -2.47. The molecular formula is C15H28N2O. The molecule has 2 saturated heterocycles. The first-order valence-electron chi connectivity index (χ1n) is 7.77. The van der Waals surface area contributed by atoms with Crippen LogP contribution in [0.25, 0.3) is 0 Å². The smallest absolute Gasteiger partial charge is 0.0507 e. The second-order valence-corrected chi connectivity index (χ2v) is 6.86. The summed E-state index contributed by atoms with van der Waals surface area (Å²) in [6, 6.07) is 0.797. The average molecular weight is 252 g/mol. The number of rotatable bonds is 4. The summed E-state index contributed by atoms with van der Waals surface area (Å²) in [5.74, 6) is 1.76. The van der Waals surface area contributed by atoms with E-state index in [1.54, 1.807) is 0 Å². The Bertz CT molecular complexity index is 286. The number of hydrogen-bond donors (Lipinski definition) is 1. The van der Waals surface area contributed by atoms with E-state index in [0.29, 0.717) is 5.54 Å². The molecule has 3 rings (SSSR count). The van der Waals surface area contributed by atoms with Crippen LogP contribution in [0.15, 0.2) is 0 Å². The highest BCUT2D eigenvalue weighted by Crippen LogP contribution is 2.38. The van der Waals surface area contributed by atoms with Crippen LogP contribution >= 0.6 is 0 Å². The van der Waals surface area contributed by atoms with Gasteiger partial charge >= 0.3 is 0 Å². The van der Waals surface area contributed by atoms with Gasteiger partial charge in [-0.15, -0.1) is 0 Å². The van der Waals surface area contributed by atoms with Gasteiger partial charge in [0.2, 0.25) is 0 Å². The highest BCUT2D eigenvalue weighted by Gasteiger charge is 2.42. The van der Waals surface area contributed by atoms with E-state index in [-0.39, 0.29) is 0 Å². The van der Waals surface area contributed by atoms with Crippen molar-refractivity contribution >= 4 is 0 Å². The summed E-state index contributed by atoms with van der Waals surface area (Å²) >= 11 is 0. The van der Waals surface area contributed by atoms with Crippen LogP contribution in [0.3, 0.4) is 0 Å². The summed E-state index contributed by atoms with van der Waals surface area (Å²) in [6.45, 7) is 10.3. The molecule has 1 N–H and O–H groups in total. The molecule has 2 aliphatic heterocycles. The standard InChI is InChI=1S/C15H28N2O/c1-3-15(2)11-17(9-12-6-7-18-10-12)14(8-16-15)13-4-5-13/h12-14,16H,3-11H2,1-2H3. The minimum atomic E-state index is 0.324. The Kier molecular flexibility index (Phi) is 3.65. The Labute approximate surface area is 111 Å². The van der Waals surface area contributed by atoms with Gasteiger partial charge in [-0.05, 0) is 44.4 Å². The van der Waals surface area contributed by atoms with Gasteiger partial charge in [-0.1, -0.05) is 6.92 Å². The van der Waals surface area contributed by atoms with Gasteiger partial charge in [0.25, 0.3) is 0 Å². The highest BCUT2D eigenvalue weighted by molar-refractivity contribution is 5.00. The maximum Gasteiger partial charge on any atom is 0.0507 e. The first kappa shape index (κ1) is 12.9. The van der Waals surface area contributed by atoms with Crippen LogP contribution in [0.1, 0.15) is 39.5 Å². The van der Waals surface area contributed by atoms with E-state index in [1.165, 1.54) is 45.3 Å². The Morgan fingerprint density at radius 3 is 2.78 bits per heavy atom. The van der Waals surface area contributed by atoms with Crippen LogP contribution in [0.5, 0.6) is 0 Å². The first-order chi connectivity index (χ1) is 8.70. The lowest BCUT2D eigenvalue weighted by atomic mass is 9.91. The molecule has 0 aromatic carbocycles. The summed E-state index contributed by atoms with van der Waals surface area (Å²) < 4.78 is 5.55. The monoisotopic (exact) mass is 252 g/mol. The van der Waals surface area contributed by atoms with Gasteiger partial charge in [0.1, 0.15) is 0 Å². The van der Waals surface area contributed by atoms with Crippen molar-refractivity contribution < 1.29 is 4.74 Å². The van der Waals surface area contributed by atoms with Crippen LogP contribution in [0.2, 0.25) is 0 Å². The first-order valence-corrected chi connectivity index (χ1v) is 7.77. The molecule has 3 fully saturated rings. The van der Waals surface area contributed by atoms with E-state index >= 15 is 0 Å². The van der Waals surface area contributed by atoms with Gasteiger partial charge in [0.05, 0.1) is 6.61 Å². The summed E-state index contributed by atoms with van der Waals surface area (Å²) in [6.07, 6.45) is 5.39. The minimum Gasteiger partial charge on any atom is -0.381 e. The van der Waals surface area contributed by atoms with Crippen molar-refractivity contribution in [2.75, 3.05) is 32.8 Å². The molecule has 0 aromatic rings. The van der Waals surface area contributed by atoms with Gasteiger partial charge < -0.3 is 10.1 Å². The molecule has 3 atom stereocenters. The molecule has 3 aliphatic rings. The van der Waals surface area contributed by atoms with Gasteiger partial charge in [-0.2, -0.15) is 0 Å². The summed E-state index contributed by atoms with van der Waals surface area (Å²) in [7, 11) is 0. The molecule has 0 radical (unpaired) electrons. The Morgan fingerprint density at radius 2 is 2.17 bits per heavy atom. The maximum atomic E-state index is 5.55. The van der Waals surface area contributed by atoms with Crippen molar-refractivity contribution in [1.29, 1.82) is 0 Å². The van der Waals surface area contributed by atoms with Gasteiger partial charge in [0, 0.05) is 37.8 Å². The highest BCUT2D eigenvalue weighted by atomic mass is 16.5. The molecular weight excluding hydrogens is 224 g/mol. The van der Waals surface area contributed by atoms with E-state index in [4.69, 9.17) is 4.74 Å². The molecule has 0 bridgehead atoms. The molecule has 3 heteroatoms. The molecule has 0 amide bonds. The van der Waals surface area contributed by atoms with Crippen molar-refractivity contribution in [3.05, 3.63) is 0 Å². The fourth-order valence-electron chi connectivity index (χ4n) is 3.54. The van der Waals surface area contributed by atoms with Crippen molar-refractivity contribution in [2.24, 2.45) is 11.8 Å². The number of hydrogen-bond acceptors (Lipinski definition) is 3. The zero-order valence-electron chi connectivity index (χ0n) is 12.0. The summed E-state index contributed by atoms with van der Waals surface area (Å²) in [4.78, 5) is 2.79. The number of piperazine rings is 1. The van der Waals surface area contributed by atoms with Crippen molar-refractivity contribution in [3.63, 3.8) is 0 Å². The minimum absolute atomic E-state index is 0.324. The lowest BCUT2D eigenvalue weighted by Crippen LogP contribution is -2.63. The zero-order valence-corrected chi connectivity index (χ0v) is 12.0. The largest absolute Gasteiger partial charge is 0.381 e. The predicted octanol–water partition coefficient (Wildman–Crippen LogP) is 1.88. The fourth-order valence-corrected chi connectivity index (χ4v) is 3.54. The second kappa shape index (κ2) is 5.10.